The van der Waals surface area contributed by atoms with E-state index in [2.05, 4.69) is 10.6 Å². The predicted molar refractivity (Wildman–Crippen MR) is 96.1 cm³/mol. The fourth-order valence-corrected chi connectivity index (χ4v) is 2.89. The molecule has 0 unspecified atom stereocenters. The molecule has 2 aromatic rings. The summed E-state index contributed by atoms with van der Waals surface area (Å²) in [5.74, 6) is -0.302. The summed E-state index contributed by atoms with van der Waals surface area (Å²) in [6.45, 7) is 0.487. The van der Waals surface area contributed by atoms with E-state index >= 15 is 0 Å². The van der Waals surface area contributed by atoms with Crippen LogP contribution in [0.4, 0.5) is 0 Å². The van der Waals surface area contributed by atoms with E-state index < -0.39 is 0 Å². The van der Waals surface area contributed by atoms with Crippen LogP contribution < -0.4 is 10.6 Å². The molecule has 1 aliphatic rings. The molecular weight excluding hydrogens is 316 g/mol. The molecule has 3 rings (SSSR count). The minimum Gasteiger partial charge on any atom is -0.465 e. The highest BCUT2D eigenvalue weighted by molar-refractivity contribution is 5.97. The van der Waals surface area contributed by atoms with Gasteiger partial charge in [0.2, 0.25) is 5.91 Å². The lowest BCUT2D eigenvalue weighted by Gasteiger charge is -2.14. The van der Waals surface area contributed by atoms with Gasteiger partial charge in [-0.15, -0.1) is 0 Å². The monoisotopic (exact) mass is 338 g/mol. The quantitative estimate of drug-likeness (QED) is 0.794. The van der Waals surface area contributed by atoms with Crippen LogP contribution in [-0.2, 0) is 16.1 Å². The summed E-state index contributed by atoms with van der Waals surface area (Å²) in [5, 5.41) is 6.06. The Balaban J connectivity index is 1.71. The number of carbonyl (C=O) groups excluding carboxylic acids is 2. The molecule has 0 aliphatic heterocycles. The van der Waals surface area contributed by atoms with Gasteiger partial charge in [-0.2, -0.15) is 0 Å². The second kappa shape index (κ2) is 7.07. The van der Waals surface area contributed by atoms with Gasteiger partial charge < -0.3 is 15.4 Å². The molecule has 0 spiro atoms. The van der Waals surface area contributed by atoms with Crippen LogP contribution in [0.5, 0.6) is 0 Å². The average molecular weight is 338 g/mol. The van der Waals surface area contributed by atoms with Crippen LogP contribution in [0.25, 0.3) is 11.1 Å². The van der Waals surface area contributed by atoms with Crippen LogP contribution in [-0.4, -0.2) is 31.6 Å². The van der Waals surface area contributed by atoms with Crippen molar-refractivity contribution in [2.24, 2.45) is 0 Å². The highest BCUT2D eigenvalue weighted by Gasteiger charge is 2.48. The molecule has 5 heteroatoms. The lowest BCUT2D eigenvalue weighted by atomic mass is 9.98. The molecular formula is C20H22N2O3. The smallest absolute Gasteiger partial charge is 0.338 e. The maximum absolute atomic E-state index is 12.1. The largest absolute Gasteiger partial charge is 0.465 e. The molecule has 0 aromatic heterocycles. The first-order chi connectivity index (χ1) is 12.1. The zero-order valence-electron chi connectivity index (χ0n) is 14.5. The second-order valence-electron chi connectivity index (χ2n) is 6.25. The highest BCUT2D eigenvalue weighted by Crippen LogP contribution is 2.35. The van der Waals surface area contributed by atoms with Gasteiger partial charge in [0.05, 0.1) is 18.2 Å². The number of likely N-dealkylation sites (N-methyl/N-ethyl adjacent to an activating group) is 1. The van der Waals surface area contributed by atoms with Gasteiger partial charge in [-0.1, -0.05) is 42.5 Å². The summed E-state index contributed by atoms with van der Waals surface area (Å²) in [4.78, 5) is 24.1. The average Bonchev–Trinajstić information content (AvgIpc) is 3.47. The molecule has 25 heavy (non-hydrogen) atoms. The van der Waals surface area contributed by atoms with Crippen molar-refractivity contribution in [1.29, 1.82) is 0 Å². The molecule has 0 saturated heterocycles. The van der Waals surface area contributed by atoms with E-state index in [1.807, 2.05) is 49.5 Å². The van der Waals surface area contributed by atoms with Gasteiger partial charge in [0, 0.05) is 6.54 Å². The van der Waals surface area contributed by atoms with Crippen LogP contribution in [0.2, 0.25) is 0 Å². The summed E-state index contributed by atoms with van der Waals surface area (Å²) >= 11 is 0. The Labute approximate surface area is 147 Å². The Kier molecular flexibility index (Phi) is 4.86. The molecule has 1 fully saturated rings. The van der Waals surface area contributed by atoms with E-state index in [0.29, 0.717) is 12.1 Å². The van der Waals surface area contributed by atoms with Gasteiger partial charge >= 0.3 is 5.97 Å². The zero-order valence-corrected chi connectivity index (χ0v) is 14.5. The van der Waals surface area contributed by atoms with Crippen LogP contribution >= 0.6 is 0 Å². The number of carbonyl (C=O) groups is 2. The van der Waals surface area contributed by atoms with Crippen molar-refractivity contribution in [3.63, 3.8) is 0 Å². The van der Waals surface area contributed by atoms with Crippen LogP contribution in [0.1, 0.15) is 28.8 Å². The van der Waals surface area contributed by atoms with E-state index in [1.165, 1.54) is 7.11 Å². The zero-order chi connectivity index (χ0) is 17.9. The van der Waals surface area contributed by atoms with E-state index in [-0.39, 0.29) is 17.4 Å². The summed E-state index contributed by atoms with van der Waals surface area (Å²) in [7, 11) is 3.20. The highest BCUT2D eigenvalue weighted by atomic mass is 16.5. The van der Waals surface area contributed by atoms with Crippen molar-refractivity contribution in [3.8, 4) is 11.1 Å². The van der Waals surface area contributed by atoms with Gasteiger partial charge in [0.1, 0.15) is 0 Å². The number of hydrogen-bond donors (Lipinski definition) is 2. The number of esters is 1. The number of ether oxygens (including phenoxy) is 1. The Morgan fingerprint density at radius 3 is 2.36 bits per heavy atom. The topological polar surface area (TPSA) is 67.4 Å². The first-order valence-corrected chi connectivity index (χ1v) is 8.33. The first kappa shape index (κ1) is 17.2. The molecule has 1 saturated carbocycles. The number of nitrogens with one attached hydrogen (secondary N) is 2. The van der Waals surface area contributed by atoms with Gasteiger partial charge in [0.15, 0.2) is 0 Å². The number of hydrogen-bond acceptors (Lipinski definition) is 4. The SMILES string of the molecule is CNC1(C(=O)NCc2ccc(-c3ccccc3C(=O)OC)cc2)CC1. The summed E-state index contributed by atoms with van der Waals surface area (Å²) in [6.07, 6.45) is 1.77. The van der Waals surface area contributed by atoms with E-state index in [4.69, 9.17) is 4.74 Å². The third-order valence-corrected chi connectivity index (χ3v) is 4.71. The van der Waals surface area contributed by atoms with E-state index in [9.17, 15) is 9.59 Å². The minimum absolute atomic E-state index is 0.0510. The minimum atomic E-state index is -0.362. The van der Waals surface area contributed by atoms with E-state index in [0.717, 1.165) is 29.5 Å². The van der Waals surface area contributed by atoms with E-state index in [1.54, 1.807) is 6.07 Å². The normalized spacial score (nSPS) is 14.6. The van der Waals surface area contributed by atoms with Crippen molar-refractivity contribution >= 4 is 11.9 Å². The lowest BCUT2D eigenvalue weighted by Crippen LogP contribution is -2.44. The van der Waals surface area contributed by atoms with Gasteiger partial charge in [0.25, 0.3) is 0 Å². The number of amides is 1. The third kappa shape index (κ3) is 3.56. The predicted octanol–water partition coefficient (Wildman–Crippen LogP) is 2.51. The first-order valence-electron chi connectivity index (χ1n) is 8.33. The number of methoxy groups -OCH3 is 1. The molecule has 0 atom stereocenters. The fourth-order valence-electron chi connectivity index (χ4n) is 2.89. The summed E-state index contributed by atoms with van der Waals surface area (Å²) in [5.41, 5.74) is 2.96. The van der Waals surface area contributed by atoms with Crippen molar-refractivity contribution in [2.75, 3.05) is 14.2 Å². The van der Waals surface area contributed by atoms with Gasteiger partial charge in [-0.3, -0.25) is 4.79 Å². The molecule has 0 radical (unpaired) electrons. The fraction of sp³-hybridized carbons (Fsp3) is 0.300. The van der Waals surface area contributed by atoms with Crippen molar-refractivity contribution in [3.05, 3.63) is 59.7 Å². The van der Waals surface area contributed by atoms with Crippen LogP contribution in [0, 0.1) is 0 Å². The maximum Gasteiger partial charge on any atom is 0.338 e. The van der Waals surface area contributed by atoms with Gasteiger partial charge in [-0.25, -0.2) is 4.79 Å². The molecule has 0 bridgehead atoms. The third-order valence-electron chi connectivity index (χ3n) is 4.71. The number of benzene rings is 2. The van der Waals surface area contributed by atoms with Crippen molar-refractivity contribution in [2.45, 2.75) is 24.9 Å². The van der Waals surface area contributed by atoms with Crippen LogP contribution in [0.15, 0.2) is 48.5 Å². The maximum atomic E-state index is 12.1. The standard InChI is InChI=1S/C20H22N2O3/c1-21-20(11-12-20)19(24)22-13-14-7-9-15(10-8-14)16-5-3-4-6-17(16)18(23)25-2/h3-10,21H,11-13H2,1-2H3,(H,22,24). The number of rotatable bonds is 6. The lowest BCUT2D eigenvalue weighted by molar-refractivity contribution is -0.124. The Morgan fingerprint density at radius 1 is 1.08 bits per heavy atom. The van der Waals surface area contributed by atoms with Crippen LogP contribution in [0.3, 0.4) is 0 Å². The summed E-state index contributed by atoms with van der Waals surface area (Å²) in [6, 6.07) is 15.2. The molecule has 1 amide bonds. The Bertz CT molecular complexity index is 780. The molecule has 130 valence electrons. The molecule has 2 N–H and O–H groups in total. The molecule has 5 nitrogen and oxygen atoms in total. The van der Waals surface area contributed by atoms with Gasteiger partial charge in [-0.05, 0) is 42.6 Å². The van der Waals surface area contributed by atoms with Crippen molar-refractivity contribution in [1.82, 2.24) is 10.6 Å². The molecule has 1 aliphatic carbocycles. The second-order valence-corrected chi connectivity index (χ2v) is 6.25. The van der Waals surface area contributed by atoms with Crippen molar-refractivity contribution < 1.29 is 14.3 Å². The Morgan fingerprint density at radius 2 is 1.76 bits per heavy atom. The summed E-state index contributed by atoms with van der Waals surface area (Å²) < 4.78 is 4.84. The molecule has 2 aromatic carbocycles. The molecule has 0 heterocycles. The Hall–Kier alpha value is -2.66.